The normalized spacial score (nSPS) is 16.8. The molecular weight excluding hydrogens is 240 g/mol. The molecule has 1 aliphatic rings. The minimum atomic E-state index is 0.116. The minimum absolute atomic E-state index is 0.116. The van der Waals surface area contributed by atoms with Crippen molar-refractivity contribution >= 4 is 5.91 Å². The third-order valence-electron chi connectivity index (χ3n) is 3.26. The highest BCUT2D eigenvalue weighted by Gasteiger charge is 2.11. The Morgan fingerprint density at radius 3 is 3.21 bits per heavy atom. The van der Waals surface area contributed by atoms with Crippen molar-refractivity contribution in [2.75, 3.05) is 39.3 Å². The smallest absolute Gasteiger partial charge is 0.234 e. The molecule has 2 heterocycles. The Hall–Kier alpha value is -1.46. The molecule has 0 unspecified atom stereocenters. The number of pyridine rings is 1. The molecule has 0 atom stereocenters. The molecular formula is C14H22N4O. The monoisotopic (exact) mass is 262 g/mol. The largest absolute Gasteiger partial charge is 0.355 e. The summed E-state index contributed by atoms with van der Waals surface area (Å²) in [7, 11) is 0. The number of hydrogen-bond donors (Lipinski definition) is 2. The van der Waals surface area contributed by atoms with Gasteiger partial charge in [-0.3, -0.25) is 14.7 Å². The first-order chi connectivity index (χ1) is 9.34. The van der Waals surface area contributed by atoms with E-state index >= 15 is 0 Å². The van der Waals surface area contributed by atoms with Gasteiger partial charge in [-0.1, -0.05) is 6.07 Å². The van der Waals surface area contributed by atoms with E-state index in [4.69, 9.17) is 0 Å². The van der Waals surface area contributed by atoms with Crippen LogP contribution >= 0.6 is 0 Å². The van der Waals surface area contributed by atoms with Crippen LogP contribution in [0.15, 0.2) is 24.5 Å². The molecule has 1 amide bonds. The number of amides is 1. The number of carbonyl (C=O) groups is 1. The SMILES string of the molecule is O=C(CN1CCCNCC1)NCCc1cccnc1. The van der Waals surface area contributed by atoms with Gasteiger partial charge in [0.2, 0.25) is 5.91 Å². The lowest BCUT2D eigenvalue weighted by Crippen LogP contribution is -2.39. The van der Waals surface area contributed by atoms with E-state index in [0.717, 1.165) is 44.6 Å². The van der Waals surface area contributed by atoms with Gasteiger partial charge in [0.25, 0.3) is 0 Å². The fraction of sp³-hybridized carbons (Fsp3) is 0.571. The molecule has 1 fully saturated rings. The van der Waals surface area contributed by atoms with Crippen molar-refractivity contribution in [2.24, 2.45) is 0 Å². The van der Waals surface area contributed by atoms with Crippen LogP contribution in [0, 0.1) is 0 Å². The van der Waals surface area contributed by atoms with Crippen LogP contribution in [0.25, 0.3) is 0 Å². The maximum atomic E-state index is 11.8. The quantitative estimate of drug-likeness (QED) is 0.786. The zero-order chi connectivity index (χ0) is 13.3. The maximum Gasteiger partial charge on any atom is 0.234 e. The van der Waals surface area contributed by atoms with Crippen molar-refractivity contribution in [2.45, 2.75) is 12.8 Å². The van der Waals surface area contributed by atoms with Gasteiger partial charge >= 0.3 is 0 Å². The second kappa shape index (κ2) is 7.86. The van der Waals surface area contributed by atoms with Gasteiger partial charge in [-0.25, -0.2) is 0 Å². The molecule has 0 radical (unpaired) electrons. The Kier molecular flexibility index (Phi) is 5.78. The van der Waals surface area contributed by atoms with Crippen molar-refractivity contribution in [3.8, 4) is 0 Å². The van der Waals surface area contributed by atoms with E-state index in [0.29, 0.717) is 13.1 Å². The summed E-state index contributed by atoms with van der Waals surface area (Å²) in [6.07, 6.45) is 5.55. The van der Waals surface area contributed by atoms with E-state index < -0.39 is 0 Å². The number of carbonyl (C=O) groups excluding carboxylic acids is 1. The van der Waals surface area contributed by atoms with E-state index in [1.807, 2.05) is 18.3 Å². The predicted octanol–water partition coefficient (Wildman–Crippen LogP) is 0.0356. The first kappa shape index (κ1) is 14.0. The Balaban J connectivity index is 1.64. The fourth-order valence-corrected chi connectivity index (χ4v) is 2.21. The Bertz CT molecular complexity index is 374. The molecule has 5 nitrogen and oxygen atoms in total. The van der Waals surface area contributed by atoms with E-state index in [1.54, 1.807) is 6.20 Å². The first-order valence-corrected chi connectivity index (χ1v) is 6.93. The van der Waals surface area contributed by atoms with Crippen LogP contribution in [-0.4, -0.2) is 55.1 Å². The van der Waals surface area contributed by atoms with Crippen molar-refractivity contribution < 1.29 is 4.79 Å². The molecule has 2 rings (SSSR count). The number of nitrogens with zero attached hydrogens (tertiary/aromatic N) is 2. The van der Waals surface area contributed by atoms with Crippen LogP contribution in [0.3, 0.4) is 0 Å². The summed E-state index contributed by atoms with van der Waals surface area (Å²) in [5, 5.41) is 6.30. The molecule has 1 aromatic heterocycles. The molecule has 0 aliphatic carbocycles. The molecule has 1 aromatic rings. The summed E-state index contributed by atoms with van der Waals surface area (Å²) in [5.74, 6) is 0.116. The molecule has 0 spiro atoms. The zero-order valence-corrected chi connectivity index (χ0v) is 11.3. The summed E-state index contributed by atoms with van der Waals surface area (Å²) < 4.78 is 0. The van der Waals surface area contributed by atoms with E-state index in [9.17, 15) is 4.79 Å². The van der Waals surface area contributed by atoms with Gasteiger partial charge in [0.15, 0.2) is 0 Å². The number of rotatable bonds is 5. The number of hydrogen-bond acceptors (Lipinski definition) is 4. The molecule has 0 aromatic carbocycles. The standard InChI is InChI=1S/C14H22N4O/c19-14(12-18-9-2-6-15-8-10-18)17-7-4-13-3-1-5-16-11-13/h1,3,5,11,15H,2,4,6-10,12H2,(H,17,19). The van der Waals surface area contributed by atoms with E-state index in [-0.39, 0.29) is 5.91 Å². The molecule has 1 saturated heterocycles. The summed E-state index contributed by atoms with van der Waals surface area (Å²) in [6, 6.07) is 3.95. The molecule has 5 heteroatoms. The summed E-state index contributed by atoms with van der Waals surface area (Å²) >= 11 is 0. The average Bonchev–Trinajstić information content (AvgIpc) is 2.68. The highest BCUT2D eigenvalue weighted by Crippen LogP contribution is 1.96. The molecule has 104 valence electrons. The summed E-state index contributed by atoms with van der Waals surface area (Å²) in [5.41, 5.74) is 1.15. The van der Waals surface area contributed by atoms with Crippen LogP contribution in [0.4, 0.5) is 0 Å². The van der Waals surface area contributed by atoms with E-state index in [1.165, 1.54) is 0 Å². The lowest BCUT2D eigenvalue weighted by molar-refractivity contribution is -0.122. The highest BCUT2D eigenvalue weighted by atomic mass is 16.2. The first-order valence-electron chi connectivity index (χ1n) is 6.93. The third-order valence-corrected chi connectivity index (χ3v) is 3.26. The zero-order valence-electron chi connectivity index (χ0n) is 11.3. The van der Waals surface area contributed by atoms with Gasteiger partial charge in [0.05, 0.1) is 6.54 Å². The molecule has 2 N–H and O–H groups in total. The molecule has 0 bridgehead atoms. The van der Waals surface area contributed by atoms with Crippen LogP contribution in [-0.2, 0) is 11.2 Å². The van der Waals surface area contributed by atoms with Gasteiger partial charge in [-0.2, -0.15) is 0 Å². The van der Waals surface area contributed by atoms with Gasteiger partial charge in [0.1, 0.15) is 0 Å². The lowest BCUT2D eigenvalue weighted by atomic mass is 10.2. The van der Waals surface area contributed by atoms with Gasteiger partial charge in [0, 0.05) is 32.0 Å². The molecule has 1 aliphatic heterocycles. The Morgan fingerprint density at radius 1 is 1.42 bits per heavy atom. The summed E-state index contributed by atoms with van der Waals surface area (Å²) in [4.78, 5) is 18.1. The van der Waals surface area contributed by atoms with Crippen molar-refractivity contribution in [1.29, 1.82) is 0 Å². The maximum absolute atomic E-state index is 11.8. The molecule has 19 heavy (non-hydrogen) atoms. The molecule has 0 saturated carbocycles. The topological polar surface area (TPSA) is 57.3 Å². The van der Waals surface area contributed by atoms with Crippen LogP contribution in [0.2, 0.25) is 0 Å². The lowest BCUT2D eigenvalue weighted by Gasteiger charge is -2.18. The van der Waals surface area contributed by atoms with Gasteiger partial charge < -0.3 is 10.6 Å². The summed E-state index contributed by atoms with van der Waals surface area (Å²) in [6.45, 7) is 5.17. The second-order valence-electron chi connectivity index (χ2n) is 4.84. The van der Waals surface area contributed by atoms with E-state index in [2.05, 4.69) is 20.5 Å². The fourth-order valence-electron chi connectivity index (χ4n) is 2.21. The third kappa shape index (κ3) is 5.36. The van der Waals surface area contributed by atoms with Crippen LogP contribution in [0.5, 0.6) is 0 Å². The van der Waals surface area contributed by atoms with Crippen LogP contribution in [0.1, 0.15) is 12.0 Å². The number of nitrogens with one attached hydrogen (secondary N) is 2. The van der Waals surface area contributed by atoms with Crippen molar-refractivity contribution in [1.82, 2.24) is 20.5 Å². The second-order valence-corrected chi connectivity index (χ2v) is 4.84. The van der Waals surface area contributed by atoms with Gasteiger partial charge in [-0.05, 0) is 37.6 Å². The van der Waals surface area contributed by atoms with Gasteiger partial charge in [-0.15, -0.1) is 0 Å². The van der Waals surface area contributed by atoms with Crippen LogP contribution < -0.4 is 10.6 Å². The van der Waals surface area contributed by atoms with Crippen molar-refractivity contribution in [3.05, 3.63) is 30.1 Å². The minimum Gasteiger partial charge on any atom is -0.355 e. The van der Waals surface area contributed by atoms with Crippen molar-refractivity contribution in [3.63, 3.8) is 0 Å². The Labute approximate surface area is 114 Å². The highest BCUT2D eigenvalue weighted by molar-refractivity contribution is 5.78. The predicted molar refractivity (Wildman–Crippen MR) is 74.9 cm³/mol. The number of aromatic nitrogens is 1. The average molecular weight is 262 g/mol. The Morgan fingerprint density at radius 2 is 2.37 bits per heavy atom.